The fourth-order valence-electron chi connectivity index (χ4n) is 3.81. The number of amides is 3. The number of aromatic nitrogens is 2. The van der Waals surface area contributed by atoms with Crippen molar-refractivity contribution in [3.05, 3.63) is 77.1 Å². The molecule has 33 heavy (non-hydrogen) atoms. The number of carboxylic acid groups (broad SMARTS) is 1. The zero-order valence-corrected chi connectivity index (χ0v) is 18.6. The van der Waals surface area contributed by atoms with Gasteiger partial charge in [-0.25, -0.2) is 9.48 Å². The first kappa shape index (κ1) is 22.3. The van der Waals surface area contributed by atoms with Gasteiger partial charge in [0.15, 0.2) is 0 Å². The van der Waals surface area contributed by atoms with Gasteiger partial charge in [0.1, 0.15) is 6.54 Å². The molecule has 1 aliphatic heterocycles. The van der Waals surface area contributed by atoms with Gasteiger partial charge < -0.3 is 20.2 Å². The van der Waals surface area contributed by atoms with Gasteiger partial charge in [-0.1, -0.05) is 29.8 Å². The summed E-state index contributed by atoms with van der Waals surface area (Å²) in [7, 11) is 0. The molecule has 3 amide bonds. The van der Waals surface area contributed by atoms with Crippen LogP contribution in [0.2, 0.25) is 5.02 Å². The summed E-state index contributed by atoms with van der Waals surface area (Å²) in [6.45, 7) is 1.78. The summed E-state index contributed by atoms with van der Waals surface area (Å²) in [5, 5.41) is 15.8. The molecule has 0 fully saturated rings. The van der Waals surface area contributed by atoms with Gasteiger partial charge in [-0.15, -0.1) is 0 Å². The minimum absolute atomic E-state index is 0.216. The molecule has 0 aliphatic carbocycles. The van der Waals surface area contributed by atoms with Crippen LogP contribution in [0.15, 0.2) is 60.9 Å². The van der Waals surface area contributed by atoms with Crippen molar-refractivity contribution in [2.45, 2.75) is 19.5 Å². The van der Waals surface area contributed by atoms with E-state index >= 15 is 0 Å². The molecule has 0 radical (unpaired) electrons. The van der Waals surface area contributed by atoms with E-state index in [1.54, 1.807) is 46.2 Å². The first-order valence-electron chi connectivity index (χ1n) is 10.3. The summed E-state index contributed by atoms with van der Waals surface area (Å²) in [5.41, 5.74) is 2.51. The minimum atomic E-state index is -1.13. The predicted molar refractivity (Wildman–Crippen MR) is 123 cm³/mol. The van der Waals surface area contributed by atoms with Crippen LogP contribution in [-0.2, 0) is 11.3 Å². The number of para-hydroxylation sites is 1. The fourth-order valence-corrected chi connectivity index (χ4v) is 4.07. The van der Waals surface area contributed by atoms with E-state index in [0.717, 1.165) is 11.3 Å². The molecule has 10 heteroatoms. The number of fused-ring (bicyclic) bond motifs is 1. The van der Waals surface area contributed by atoms with E-state index in [1.165, 1.54) is 4.90 Å². The van der Waals surface area contributed by atoms with Crippen LogP contribution in [0.25, 0.3) is 5.69 Å². The van der Waals surface area contributed by atoms with E-state index in [0.29, 0.717) is 16.3 Å². The smallest absolute Gasteiger partial charge is 0.323 e. The fraction of sp³-hybridized carbons (Fsp3) is 0.217. The molecule has 2 heterocycles. The molecule has 0 saturated heterocycles. The average molecular weight is 468 g/mol. The van der Waals surface area contributed by atoms with Crippen molar-refractivity contribution in [2.75, 3.05) is 18.0 Å². The van der Waals surface area contributed by atoms with Crippen molar-refractivity contribution >= 4 is 35.2 Å². The Morgan fingerprint density at radius 1 is 1.18 bits per heavy atom. The SMILES string of the molecule is C[C@@H]1CN(C(=O)c2ccc(-n3cccn3)cc2Cl)c2ccccc2CN1C(=O)NCC(=O)O. The van der Waals surface area contributed by atoms with E-state index in [1.807, 2.05) is 31.2 Å². The van der Waals surface area contributed by atoms with Crippen LogP contribution in [0.4, 0.5) is 10.5 Å². The number of carboxylic acids is 1. The topological polar surface area (TPSA) is 108 Å². The second kappa shape index (κ2) is 9.33. The lowest BCUT2D eigenvalue weighted by Crippen LogP contribution is -2.49. The number of hydrogen-bond donors (Lipinski definition) is 2. The number of rotatable bonds is 4. The number of carbonyl (C=O) groups is 3. The highest BCUT2D eigenvalue weighted by Crippen LogP contribution is 2.30. The summed E-state index contributed by atoms with van der Waals surface area (Å²) in [6, 6.07) is 13.3. The van der Waals surface area contributed by atoms with Gasteiger partial charge in [-0.2, -0.15) is 5.10 Å². The van der Waals surface area contributed by atoms with Crippen molar-refractivity contribution < 1.29 is 19.5 Å². The second-order valence-electron chi connectivity index (χ2n) is 7.69. The number of hydrogen-bond acceptors (Lipinski definition) is 4. The molecule has 0 unspecified atom stereocenters. The molecule has 0 bridgehead atoms. The molecule has 1 aromatic heterocycles. The lowest BCUT2D eigenvalue weighted by atomic mass is 10.1. The van der Waals surface area contributed by atoms with Crippen LogP contribution in [0.3, 0.4) is 0 Å². The van der Waals surface area contributed by atoms with Crippen LogP contribution in [0.5, 0.6) is 0 Å². The number of anilines is 1. The van der Waals surface area contributed by atoms with Crippen molar-refractivity contribution in [2.24, 2.45) is 0 Å². The van der Waals surface area contributed by atoms with Crippen LogP contribution in [0.1, 0.15) is 22.8 Å². The Hall–Kier alpha value is -3.85. The molecule has 0 spiro atoms. The molecule has 170 valence electrons. The quantitative estimate of drug-likeness (QED) is 0.612. The zero-order chi connectivity index (χ0) is 23.5. The van der Waals surface area contributed by atoms with Gasteiger partial charge in [0.25, 0.3) is 5.91 Å². The lowest BCUT2D eigenvalue weighted by Gasteiger charge is -2.29. The number of benzene rings is 2. The number of carbonyl (C=O) groups excluding carboxylic acids is 2. The van der Waals surface area contributed by atoms with E-state index in [4.69, 9.17) is 16.7 Å². The Kier molecular flexibility index (Phi) is 6.32. The largest absolute Gasteiger partial charge is 0.480 e. The summed E-state index contributed by atoms with van der Waals surface area (Å²) >= 11 is 6.50. The summed E-state index contributed by atoms with van der Waals surface area (Å²) < 4.78 is 1.65. The van der Waals surface area contributed by atoms with Gasteiger partial charge in [-0.3, -0.25) is 9.59 Å². The molecular formula is C23H22ClN5O4. The Morgan fingerprint density at radius 2 is 1.97 bits per heavy atom. The first-order valence-corrected chi connectivity index (χ1v) is 10.7. The van der Waals surface area contributed by atoms with E-state index in [9.17, 15) is 14.4 Å². The van der Waals surface area contributed by atoms with Gasteiger partial charge in [0, 0.05) is 37.2 Å². The third kappa shape index (κ3) is 4.68. The third-order valence-corrected chi connectivity index (χ3v) is 5.76. The van der Waals surface area contributed by atoms with Gasteiger partial charge in [0.05, 0.1) is 16.3 Å². The molecule has 4 rings (SSSR count). The maximum absolute atomic E-state index is 13.6. The van der Waals surface area contributed by atoms with Gasteiger partial charge >= 0.3 is 12.0 Å². The molecule has 9 nitrogen and oxygen atoms in total. The maximum atomic E-state index is 13.6. The number of aliphatic carboxylic acids is 1. The third-order valence-electron chi connectivity index (χ3n) is 5.45. The highest BCUT2D eigenvalue weighted by atomic mass is 35.5. The Balaban J connectivity index is 1.64. The van der Waals surface area contributed by atoms with E-state index < -0.39 is 18.5 Å². The maximum Gasteiger partial charge on any atom is 0.323 e. The van der Waals surface area contributed by atoms with Crippen LogP contribution < -0.4 is 10.2 Å². The van der Waals surface area contributed by atoms with Crippen LogP contribution in [0, 0.1) is 0 Å². The van der Waals surface area contributed by atoms with Gasteiger partial charge in [0.2, 0.25) is 0 Å². The Labute approximate surface area is 195 Å². The summed E-state index contributed by atoms with van der Waals surface area (Å²) in [5.74, 6) is -1.42. The molecule has 2 aromatic carbocycles. The van der Waals surface area contributed by atoms with Crippen molar-refractivity contribution in [3.63, 3.8) is 0 Å². The minimum Gasteiger partial charge on any atom is -0.480 e. The molecule has 0 saturated carbocycles. The van der Waals surface area contributed by atoms with Gasteiger partial charge in [-0.05, 0) is 42.8 Å². The van der Waals surface area contributed by atoms with Crippen LogP contribution >= 0.6 is 11.6 Å². The Morgan fingerprint density at radius 3 is 2.67 bits per heavy atom. The molecule has 3 aromatic rings. The normalized spacial score (nSPS) is 15.5. The molecule has 1 atom stereocenters. The van der Waals surface area contributed by atoms with Crippen molar-refractivity contribution in [1.82, 2.24) is 20.0 Å². The first-order chi connectivity index (χ1) is 15.8. The summed E-state index contributed by atoms with van der Waals surface area (Å²) in [4.78, 5) is 40.2. The average Bonchev–Trinajstić information content (AvgIpc) is 3.29. The second-order valence-corrected chi connectivity index (χ2v) is 8.10. The van der Waals surface area contributed by atoms with E-state index in [-0.39, 0.29) is 25.0 Å². The summed E-state index contributed by atoms with van der Waals surface area (Å²) in [6.07, 6.45) is 3.44. The highest BCUT2D eigenvalue weighted by Gasteiger charge is 2.32. The number of urea groups is 1. The van der Waals surface area contributed by atoms with Crippen molar-refractivity contribution in [1.29, 1.82) is 0 Å². The Bertz CT molecular complexity index is 1200. The standard InChI is InChI=1S/C23H22ClN5O4/c1-15-13-28(22(32)18-8-7-17(11-19(18)24)29-10-4-9-26-29)20-6-3-2-5-16(20)14-27(15)23(33)25-12-21(30)31/h2-11,15H,12-14H2,1H3,(H,25,33)(H,30,31)/t15-/m1/s1. The zero-order valence-electron chi connectivity index (χ0n) is 17.8. The monoisotopic (exact) mass is 467 g/mol. The van der Waals surface area contributed by atoms with Crippen molar-refractivity contribution in [3.8, 4) is 5.69 Å². The number of nitrogens with one attached hydrogen (secondary N) is 1. The number of nitrogens with zero attached hydrogens (tertiary/aromatic N) is 4. The number of halogens is 1. The molecule has 2 N–H and O–H groups in total. The molecular weight excluding hydrogens is 446 g/mol. The lowest BCUT2D eigenvalue weighted by molar-refractivity contribution is -0.135. The van der Waals surface area contributed by atoms with Crippen LogP contribution in [-0.4, -0.2) is 56.8 Å². The molecule has 1 aliphatic rings. The predicted octanol–water partition coefficient (Wildman–Crippen LogP) is 3.17. The highest BCUT2D eigenvalue weighted by molar-refractivity contribution is 6.34. The van der Waals surface area contributed by atoms with E-state index in [2.05, 4.69) is 10.4 Å².